The summed E-state index contributed by atoms with van der Waals surface area (Å²) in [5, 5.41) is 5.37. The lowest BCUT2D eigenvalue weighted by Gasteiger charge is -2.42. The van der Waals surface area contributed by atoms with Gasteiger partial charge in [0.25, 0.3) is 0 Å². The van der Waals surface area contributed by atoms with Crippen molar-refractivity contribution >= 4 is 16.9 Å². The molecule has 1 amide bonds. The molecule has 11 heteroatoms. The van der Waals surface area contributed by atoms with E-state index in [0.717, 1.165) is 5.39 Å². The Labute approximate surface area is 163 Å². The topological polar surface area (TPSA) is 70.4 Å². The summed E-state index contributed by atoms with van der Waals surface area (Å²) in [4.78, 5) is 18.1. The van der Waals surface area contributed by atoms with Gasteiger partial charge in [0.15, 0.2) is 0 Å². The van der Waals surface area contributed by atoms with Crippen LogP contribution in [0.25, 0.3) is 11.0 Å². The van der Waals surface area contributed by atoms with Gasteiger partial charge >= 0.3 is 12.1 Å². The zero-order chi connectivity index (χ0) is 21.4. The highest BCUT2D eigenvalue weighted by Gasteiger charge is 2.57. The van der Waals surface area contributed by atoms with Crippen molar-refractivity contribution in [2.45, 2.75) is 37.5 Å². The molecule has 0 unspecified atom stereocenters. The number of alkyl halides is 5. The van der Waals surface area contributed by atoms with Gasteiger partial charge in [-0.3, -0.25) is 14.7 Å². The summed E-state index contributed by atoms with van der Waals surface area (Å²) in [5.41, 5.74) is 0.0112. The first-order valence-electron chi connectivity index (χ1n) is 8.96. The van der Waals surface area contributed by atoms with Gasteiger partial charge in [-0.05, 0) is 26.0 Å². The number of furan rings is 1. The maximum absolute atomic E-state index is 13.1. The smallest absolute Gasteiger partial charge is 0.455 e. The molecule has 3 heterocycles. The molecule has 1 aliphatic rings. The fraction of sp³-hybridized carbons (Fsp3) is 0.556. The average molecular weight is 420 g/mol. The first-order chi connectivity index (χ1) is 13.4. The number of aromatic nitrogens is 1. The van der Waals surface area contributed by atoms with E-state index in [4.69, 9.17) is 4.42 Å². The molecule has 0 bridgehead atoms. The third kappa shape index (κ3) is 4.35. The summed E-state index contributed by atoms with van der Waals surface area (Å²) in [7, 11) is 0. The third-order valence-corrected chi connectivity index (χ3v) is 5.10. The molecule has 3 rings (SSSR count). The molecule has 0 aromatic carbocycles. The van der Waals surface area contributed by atoms with E-state index in [1.165, 1.54) is 0 Å². The lowest BCUT2D eigenvalue weighted by atomic mass is 9.96. The number of halogens is 5. The van der Waals surface area contributed by atoms with E-state index < -0.39 is 36.1 Å². The Morgan fingerprint density at radius 3 is 2.72 bits per heavy atom. The van der Waals surface area contributed by atoms with E-state index in [9.17, 15) is 26.7 Å². The summed E-state index contributed by atoms with van der Waals surface area (Å²) in [6.45, 7) is 2.98. The molecule has 2 aromatic heterocycles. The van der Waals surface area contributed by atoms with Crippen LogP contribution in [0.4, 0.5) is 22.0 Å². The van der Waals surface area contributed by atoms with Crippen molar-refractivity contribution in [3.63, 3.8) is 0 Å². The van der Waals surface area contributed by atoms with Crippen LogP contribution in [0, 0.1) is 0 Å². The molecule has 2 aromatic rings. The number of carbonyl (C=O) groups excluding carboxylic acids is 1. The monoisotopic (exact) mass is 420 g/mol. The number of pyridine rings is 1. The number of piperazine rings is 1. The highest BCUT2D eigenvalue weighted by atomic mass is 19.4. The number of hydrogen-bond donors (Lipinski definition) is 2. The number of nitrogens with zero attached hydrogens (tertiary/aromatic N) is 2. The molecule has 0 spiro atoms. The fourth-order valence-electron chi connectivity index (χ4n) is 3.20. The highest BCUT2D eigenvalue weighted by molar-refractivity contribution is 5.82. The molecule has 0 aliphatic carbocycles. The fourth-order valence-corrected chi connectivity index (χ4v) is 3.20. The van der Waals surface area contributed by atoms with E-state index in [1.54, 1.807) is 23.8 Å². The normalized spacial score (nSPS) is 19.5. The minimum Gasteiger partial charge on any atom is -0.459 e. The number of carbonyl (C=O) groups is 1. The van der Waals surface area contributed by atoms with Gasteiger partial charge in [-0.1, -0.05) is 0 Å². The Morgan fingerprint density at radius 2 is 2.07 bits per heavy atom. The molecule has 0 radical (unpaired) electrons. The predicted octanol–water partition coefficient (Wildman–Crippen LogP) is 2.65. The second-order valence-corrected chi connectivity index (χ2v) is 7.46. The second-order valence-electron chi connectivity index (χ2n) is 7.46. The van der Waals surface area contributed by atoms with Gasteiger partial charge in [0.05, 0.1) is 18.1 Å². The van der Waals surface area contributed by atoms with Crippen LogP contribution in [-0.4, -0.2) is 60.1 Å². The van der Waals surface area contributed by atoms with Crippen molar-refractivity contribution in [2.24, 2.45) is 0 Å². The number of fused-ring (bicyclic) bond motifs is 1. The van der Waals surface area contributed by atoms with Gasteiger partial charge in [0.2, 0.25) is 5.91 Å². The van der Waals surface area contributed by atoms with Crippen LogP contribution in [0.15, 0.2) is 28.9 Å². The Hall–Kier alpha value is -2.27. The van der Waals surface area contributed by atoms with Crippen LogP contribution in [0.3, 0.4) is 0 Å². The first kappa shape index (κ1) is 21.4. The summed E-state index contributed by atoms with van der Waals surface area (Å²) < 4.78 is 68.8. The zero-order valence-corrected chi connectivity index (χ0v) is 15.8. The maximum atomic E-state index is 13.1. The van der Waals surface area contributed by atoms with E-state index >= 15 is 0 Å². The van der Waals surface area contributed by atoms with Crippen molar-refractivity contribution in [3.05, 3.63) is 30.3 Å². The Bertz CT molecular complexity index is 848. The average Bonchev–Trinajstić information content (AvgIpc) is 3.10. The van der Waals surface area contributed by atoms with E-state index in [-0.39, 0.29) is 6.54 Å². The van der Waals surface area contributed by atoms with Crippen molar-refractivity contribution in [1.29, 1.82) is 0 Å². The Morgan fingerprint density at radius 1 is 1.34 bits per heavy atom. The summed E-state index contributed by atoms with van der Waals surface area (Å²) in [6.07, 6.45) is -2.46. The summed E-state index contributed by atoms with van der Waals surface area (Å²) in [6, 6.07) is 2.63. The molecule has 1 fully saturated rings. The predicted molar refractivity (Wildman–Crippen MR) is 94.4 cm³/mol. The van der Waals surface area contributed by atoms with Gasteiger partial charge in [0, 0.05) is 37.4 Å². The lowest BCUT2D eigenvalue weighted by molar-refractivity contribution is -0.278. The molecule has 1 saturated heterocycles. The van der Waals surface area contributed by atoms with Crippen molar-refractivity contribution in [2.75, 3.05) is 26.2 Å². The van der Waals surface area contributed by atoms with Crippen LogP contribution >= 0.6 is 0 Å². The maximum Gasteiger partial charge on any atom is 0.455 e. The number of rotatable bonds is 5. The van der Waals surface area contributed by atoms with Crippen molar-refractivity contribution < 1.29 is 31.2 Å². The summed E-state index contributed by atoms with van der Waals surface area (Å²) >= 11 is 0. The zero-order valence-electron chi connectivity index (χ0n) is 15.8. The standard InChI is InChI=1S/C18H21F5N4O2/c1-16(2,14-7-11-8-24-4-3-13(11)29-14)27-6-5-25-12(9-27)15(28)26-10-17(19,20)18(21,22)23/h3-4,7-8,12,25H,5-6,9-10H2,1-2H3,(H,26,28)/t12-/m0/s1. The molecular formula is C18H21F5N4O2. The van der Waals surface area contributed by atoms with Crippen LogP contribution in [0.5, 0.6) is 0 Å². The van der Waals surface area contributed by atoms with E-state index in [2.05, 4.69) is 10.3 Å². The number of amides is 1. The van der Waals surface area contributed by atoms with Crippen LogP contribution in [0.1, 0.15) is 19.6 Å². The SMILES string of the molecule is CC(C)(c1cc2cnccc2o1)N1CCN[C@H](C(=O)NCC(F)(F)C(F)(F)F)C1. The number of nitrogens with one attached hydrogen (secondary N) is 2. The quantitative estimate of drug-likeness (QED) is 0.728. The Kier molecular flexibility index (Phi) is 5.56. The Balaban J connectivity index is 1.68. The molecule has 6 nitrogen and oxygen atoms in total. The van der Waals surface area contributed by atoms with Crippen molar-refractivity contribution in [1.82, 2.24) is 20.5 Å². The van der Waals surface area contributed by atoms with Gasteiger partial charge in [-0.15, -0.1) is 0 Å². The molecule has 1 atom stereocenters. The summed E-state index contributed by atoms with van der Waals surface area (Å²) in [5.74, 6) is -5.27. The van der Waals surface area contributed by atoms with Crippen LogP contribution in [-0.2, 0) is 10.3 Å². The molecule has 0 saturated carbocycles. The van der Waals surface area contributed by atoms with Gasteiger partial charge in [-0.2, -0.15) is 22.0 Å². The molecule has 1 aliphatic heterocycles. The molecule has 29 heavy (non-hydrogen) atoms. The lowest BCUT2D eigenvalue weighted by Crippen LogP contribution is -2.61. The first-order valence-corrected chi connectivity index (χ1v) is 8.96. The van der Waals surface area contributed by atoms with Crippen LogP contribution in [0.2, 0.25) is 0 Å². The molecular weight excluding hydrogens is 399 g/mol. The van der Waals surface area contributed by atoms with Crippen LogP contribution < -0.4 is 10.6 Å². The van der Waals surface area contributed by atoms with Gasteiger partial charge < -0.3 is 15.1 Å². The third-order valence-electron chi connectivity index (χ3n) is 5.10. The minimum atomic E-state index is -5.72. The van der Waals surface area contributed by atoms with E-state index in [1.807, 2.05) is 24.8 Å². The largest absolute Gasteiger partial charge is 0.459 e. The van der Waals surface area contributed by atoms with Gasteiger partial charge in [0.1, 0.15) is 11.3 Å². The molecule has 2 N–H and O–H groups in total. The minimum absolute atomic E-state index is 0.117. The molecule has 160 valence electrons. The van der Waals surface area contributed by atoms with Crippen molar-refractivity contribution in [3.8, 4) is 0 Å². The van der Waals surface area contributed by atoms with Gasteiger partial charge in [-0.25, -0.2) is 0 Å². The second kappa shape index (κ2) is 7.52. The highest BCUT2D eigenvalue weighted by Crippen LogP contribution is 2.35. The number of hydrogen-bond acceptors (Lipinski definition) is 5. The van der Waals surface area contributed by atoms with E-state index in [0.29, 0.717) is 24.4 Å².